The summed E-state index contributed by atoms with van der Waals surface area (Å²) < 4.78 is 12.4. The SMILES string of the molecule is FSc1ccc[c]([Cu])c1. The van der Waals surface area contributed by atoms with E-state index >= 15 is 0 Å². The number of halogens is 1. The van der Waals surface area contributed by atoms with Crippen LogP contribution < -0.4 is 4.46 Å². The Morgan fingerprint density at radius 2 is 2.22 bits per heavy atom. The summed E-state index contributed by atoms with van der Waals surface area (Å²) in [6.45, 7) is 0. The van der Waals surface area contributed by atoms with Crippen molar-refractivity contribution in [3.05, 3.63) is 24.3 Å². The second-order valence-electron chi connectivity index (χ2n) is 1.49. The Morgan fingerprint density at radius 3 is 2.67 bits per heavy atom. The fourth-order valence-electron chi connectivity index (χ4n) is 0.497. The van der Waals surface area contributed by atoms with E-state index in [0.29, 0.717) is 9.36 Å². The van der Waals surface area contributed by atoms with Gasteiger partial charge in [-0.05, 0) is 0 Å². The molecule has 0 atom stereocenters. The quantitative estimate of drug-likeness (QED) is 0.609. The topological polar surface area (TPSA) is 0 Å². The van der Waals surface area contributed by atoms with Crippen molar-refractivity contribution in [1.82, 2.24) is 0 Å². The summed E-state index contributed by atoms with van der Waals surface area (Å²) in [7, 11) is 0. The Morgan fingerprint density at radius 1 is 1.44 bits per heavy atom. The van der Waals surface area contributed by atoms with Gasteiger partial charge in [0.05, 0.1) is 0 Å². The standard InChI is InChI=1S/C6H4FS.Cu/c7-8-6-4-2-1-3-5-6;/h1-2,4-5H;. The monoisotopic (exact) mass is 190 g/mol. The van der Waals surface area contributed by atoms with Gasteiger partial charge >= 0.3 is 65.7 Å². The summed E-state index contributed by atoms with van der Waals surface area (Å²) in [4.78, 5) is 0.567. The van der Waals surface area contributed by atoms with Crippen LogP contribution in [-0.2, 0) is 16.0 Å². The van der Waals surface area contributed by atoms with Gasteiger partial charge in [-0.15, -0.1) is 0 Å². The molecule has 0 aromatic heterocycles. The van der Waals surface area contributed by atoms with Crippen LogP contribution in [0.1, 0.15) is 0 Å². The van der Waals surface area contributed by atoms with Gasteiger partial charge in [0.25, 0.3) is 0 Å². The maximum absolute atomic E-state index is 11.8. The molecule has 0 nitrogen and oxygen atoms in total. The van der Waals surface area contributed by atoms with E-state index < -0.39 is 0 Å². The van der Waals surface area contributed by atoms with Crippen LogP contribution in [0.2, 0.25) is 0 Å². The van der Waals surface area contributed by atoms with Crippen molar-refractivity contribution in [2.24, 2.45) is 0 Å². The molecule has 0 fully saturated rings. The Labute approximate surface area is 66.0 Å². The van der Waals surface area contributed by atoms with E-state index in [1.165, 1.54) is 0 Å². The van der Waals surface area contributed by atoms with E-state index in [1.807, 2.05) is 0 Å². The fraction of sp³-hybridized carbons (Fsp3) is 0. The van der Waals surface area contributed by atoms with Crippen molar-refractivity contribution in [2.45, 2.75) is 4.90 Å². The molecule has 0 saturated heterocycles. The zero-order chi connectivity index (χ0) is 6.69. The third kappa shape index (κ3) is 2.01. The van der Waals surface area contributed by atoms with Crippen molar-refractivity contribution in [1.29, 1.82) is 0 Å². The van der Waals surface area contributed by atoms with E-state index in [0.717, 1.165) is 0 Å². The second kappa shape index (κ2) is 3.25. The molecule has 0 aliphatic rings. The van der Waals surface area contributed by atoms with Gasteiger partial charge in [0.1, 0.15) is 0 Å². The first kappa shape index (κ1) is 7.13. The second-order valence-corrected chi connectivity index (χ2v) is 2.66. The minimum absolute atomic E-state index is 0.213. The summed E-state index contributed by atoms with van der Waals surface area (Å²) in [5, 5.41) is 0. The van der Waals surface area contributed by atoms with Crippen LogP contribution in [0.4, 0.5) is 3.89 Å². The van der Waals surface area contributed by atoms with Gasteiger partial charge in [0.2, 0.25) is 0 Å². The van der Waals surface area contributed by atoms with Crippen molar-refractivity contribution >= 4 is 16.6 Å². The predicted octanol–water partition coefficient (Wildman–Crippen LogP) is 1.84. The van der Waals surface area contributed by atoms with Gasteiger partial charge in [-0.25, -0.2) is 0 Å². The van der Waals surface area contributed by atoms with Gasteiger partial charge in [0.15, 0.2) is 0 Å². The third-order valence-electron chi connectivity index (χ3n) is 0.861. The molecule has 0 spiro atoms. The first-order chi connectivity index (χ1) is 4.33. The van der Waals surface area contributed by atoms with Gasteiger partial charge in [0, 0.05) is 0 Å². The van der Waals surface area contributed by atoms with Crippen molar-refractivity contribution in [3.8, 4) is 0 Å². The fourth-order valence-corrected chi connectivity index (χ4v) is 1.11. The predicted molar refractivity (Wildman–Crippen MR) is 33.0 cm³/mol. The average molecular weight is 191 g/mol. The van der Waals surface area contributed by atoms with Crippen LogP contribution in [0.15, 0.2) is 29.2 Å². The molecular weight excluding hydrogens is 187 g/mol. The first-order valence-electron chi connectivity index (χ1n) is 2.33. The summed E-state index contributed by atoms with van der Waals surface area (Å²) in [6, 6.07) is 6.78. The third-order valence-corrected chi connectivity index (χ3v) is 1.59. The number of hydrogen-bond donors (Lipinski definition) is 0. The zero-order valence-electron chi connectivity index (χ0n) is 4.40. The van der Waals surface area contributed by atoms with Crippen LogP contribution in [0, 0.1) is 0 Å². The maximum atomic E-state index is 11.8. The van der Waals surface area contributed by atoms with Crippen LogP contribution in [0.5, 0.6) is 0 Å². The number of rotatable bonds is 1. The molecule has 0 radical (unpaired) electrons. The molecule has 1 rings (SSSR count). The van der Waals surface area contributed by atoms with Crippen LogP contribution >= 0.6 is 12.1 Å². The molecule has 0 bridgehead atoms. The molecular formula is C6H4CuFS. The van der Waals surface area contributed by atoms with Gasteiger partial charge in [-0.2, -0.15) is 0 Å². The summed E-state index contributed by atoms with van der Waals surface area (Å²) in [5.41, 5.74) is 0. The molecule has 1 aromatic carbocycles. The molecule has 0 saturated carbocycles. The summed E-state index contributed by atoms with van der Waals surface area (Å²) in [5.74, 6) is 0. The number of benzene rings is 1. The molecule has 0 amide bonds. The van der Waals surface area contributed by atoms with Crippen LogP contribution in [0.3, 0.4) is 0 Å². The molecule has 0 aliphatic carbocycles. The first-order valence-corrected chi connectivity index (χ1v) is 3.52. The minimum atomic E-state index is 0.213. The van der Waals surface area contributed by atoms with E-state index in [9.17, 15) is 3.89 Å². The summed E-state index contributed by atoms with van der Waals surface area (Å²) in [6.07, 6.45) is 0. The van der Waals surface area contributed by atoms with Crippen LogP contribution in [-0.4, -0.2) is 0 Å². The molecule has 9 heavy (non-hydrogen) atoms. The van der Waals surface area contributed by atoms with Gasteiger partial charge < -0.3 is 0 Å². The van der Waals surface area contributed by atoms with E-state index in [1.54, 1.807) is 24.3 Å². The van der Waals surface area contributed by atoms with E-state index in [2.05, 4.69) is 0 Å². The molecule has 0 N–H and O–H groups in total. The van der Waals surface area contributed by atoms with Gasteiger partial charge in [-0.3, -0.25) is 0 Å². The van der Waals surface area contributed by atoms with Gasteiger partial charge in [-0.1, -0.05) is 0 Å². The van der Waals surface area contributed by atoms with Crippen molar-refractivity contribution in [2.75, 3.05) is 0 Å². The van der Waals surface area contributed by atoms with Crippen LogP contribution in [0.25, 0.3) is 0 Å². The van der Waals surface area contributed by atoms with E-state index in [-0.39, 0.29) is 12.1 Å². The van der Waals surface area contributed by atoms with Crippen molar-refractivity contribution in [3.63, 3.8) is 0 Å². The average Bonchev–Trinajstić information content (AvgIpc) is 1.88. The normalized spacial score (nSPS) is 9.67. The number of hydrogen-bond acceptors (Lipinski definition) is 1. The molecule has 0 aliphatic heterocycles. The molecule has 0 unspecified atom stereocenters. The Bertz CT molecular complexity index is 202. The molecule has 0 heterocycles. The zero-order valence-corrected chi connectivity index (χ0v) is 6.16. The molecule has 52 valence electrons. The molecule has 1 aromatic rings. The summed E-state index contributed by atoms with van der Waals surface area (Å²) >= 11 is 5.14. The Kier molecular flexibility index (Phi) is 2.58. The Balaban J connectivity index is 2.94. The molecule has 3 heteroatoms. The van der Waals surface area contributed by atoms with E-state index in [4.69, 9.17) is 16.0 Å². The van der Waals surface area contributed by atoms with Crippen molar-refractivity contribution < 1.29 is 19.9 Å². The Hall–Kier alpha value is 0.0195.